The van der Waals surface area contributed by atoms with Crippen LogP contribution in [0.25, 0.3) is 0 Å². The van der Waals surface area contributed by atoms with Crippen LogP contribution in [0.4, 0.5) is 0 Å². The number of carbonyl (C=O) groups is 2. The number of allylic oxidation sites excluding steroid dienone is 2. The Hall–Kier alpha value is -0.850. The molecule has 0 rings (SSSR count). The summed E-state index contributed by atoms with van der Waals surface area (Å²) in [6, 6.07) is 0. The molecule has 78 valence electrons. The first-order chi connectivity index (χ1) is 5.88. The van der Waals surface area contributed by atoms with Crippen molar-refractivity contribution in [1.82, 2.24) is 0 Å². The lowest BCUT2D eigenvalue weighted by Crippen LogP contribution is -1.74. The molecule has 5 nitrogen and oxygen atoms in total. The molecule has 0 fully saturated rings. The quantitative estimate of drug-likeness (QED) is 0.383. The highest BCUT2D eigenvalue weighted by molar-refractivity contribution is 7.73. The van der Waals surface area contributed by atoms with Gasteiger partial charge in [-0.25, -0.2) is 0 Å². The molecule has 2 N–H and O–H groups in total. The van der Waals surface area contributed by atoms with Gasteiger partial charge in [0.25, 0.3) is 11.4 Å². The predicted octanol–water partition coefficient (Wildman–Crippen LogP) is 1.04. The van der Waals surface area contributed by atoms with E-state index in [1.807, 2.05) is 0 Å². The second kappa shape index (κ2) is 17.3. The fourth-order valence-electron chi connectivity index (χ4n) is 0.0786. The van der Waals surface area contributed by atoms with Gasteiger partial charge < -0.3 is 4.79 Å². The van der Waals surface area contributed by atoms with E-state index in [4.69, 9.17) is 13.3 Å². The molecule has 0 saturated heterocycles. The van der Waals surface area contributed by atoms with Crippen LogP contribution >= 0.6 is 0 Å². The van der Waals surface area contributed by atoms with Crippen molar-refractivity contribution < 1.29 is 22.9 Å². The molecule has 0 aromatic heterocycles. The monoisotopic (exact) mass is 210 g/mol. The Labute approximate surface area is 80.0 Å². The van der Waals surface area contributed by atoms with Crippen molar-refractivity contribution in [1.29, 1.82) is 0 Å². The van der Waals surface area contributed by atoms with Crippen LogP contribution in [-0.2, 0) is 21.0 Å². The van der Waals surface area contributed by atoms with Gasteiger partial charge in [-0.1, -0.05) is 6.08 Å². The van der Waals surface area contributed by atoms with E-state index in [0.29, 0.717) is 0 Å². The molecule has 0 aliphatic heterocycles. The molecule has 0 bridgehead atoms. The number of aldehydes is 1. The van der Waals surface area contributed by atoms with Gasteiger partial charge in [-0.15, -0.1) is 0 Å². The molecule has 0 atom stereocenters. The van der Waals surface area contributed by atoms with Gasteiger partial charge in [0.05, 0.1) is 0 Å². The van der Waals surface area contributed by atoms with E-state index in [1.54, 1.807) is 13.0 Å². The third kappa shape index (κ3) is 706. The van der Waals surface area contributed by atoms with E-state index < -0.39 is 11.4 Å². The number of rotatable bonds is 1. The summed E-state index contributed by atoms with van der Waals surface area (Å²) < 4.78 is 22.8. The van der Waals surface area contributed by atoms with Crippen LogP contribution in [0.2, 0.25) is 0 Å². The number of carbonyl (C=O) groups excluding carboxylic acids is 2. The van der Waals surface area contributed by atoms with E-state index >= 15 is 0 Å². The standard InChI is InChI=1S/C4H6O.C3H6O.H2O3S/c1-2-3-4-5;1-3(2)4;1-4(2)3/h2-4H,1H3;1-2H3;(H2,1,2,3). The van der Waals surface area contributed by atoms with Crippen molar-refractivity contribution in [2.45, 2.75) is 20.8 Å². The lowest BCUT2D eigenvalue weighted by molar-refractivity contribution is -0.115. The number of ketones is 1. The summed E-state index contributed by atoms with van der Waals surface area (Å²) in [6.07, 6.45) is 3.88. The van der Waals surface area contributed by atoms with Gasteiger partial charge in [-0.05, 0) is 26.8 Å². The van der Waals surface area contributed by atoms with Crippen LogP contribution in [0.3, 0.4) is 0 Å². The Morgan fingerprint density at radius 3 is 1.54 bits per heavy atom. The molecule has 0 aromatic carbocycles. The van der Waals surface area contributed by atoms with Crippen LogP contribution < -0.4 is 0 Å². The highest BCUT2D eigenvalue weighted by Gasteiger charge is 1.63. The van der Waals surface area contributed by atoms with Gasteiger partial charge >= 0.3 is 0 Å². The maximum atomic E-state index is 9.44. The summed E-state index contributed by atoms with van der Waals surface area (Å²) >= 11 is -2.61. The summed E-state index contributed by atoms with van der Waals surface area (Å²) in [5.41, 5.74) is 0. The van der Waals surface area contributed by atoms with Crippen molar-refractivity contribution in [3.8, 4) is 0 Å². The highest BCUT2D eigenvalue weighted by atomic mass is 32.2. The fraction of sp³-hybridized carbons (Fsp3) is 0.429. The molecule has 13 heavy (non-hydrogen) atoms. The molecular weight excluding hydrogens is 196 g/mol. The maximum absolute atomic E-state index is 9.44. The lowest BCUT2D eigenvalue weighted by atomic mass is 10.6. The summed E-state index contributed by atoms with van der Waals surface area (Å²) in [4.78, 5) is 18.8. The first-order valence-electron chi connectivity index (χ1n) is 3.22. The van der Waals surface area contributed by atoms with Gasteiger partial charge in [-0.2, -0.15) is 4.21 Å². The zero-order valence-electron chi connectivity index (χ0n) is 7.76. The second-order valence-electron chi connectivity index (χ2n) is 1.80. The summed E-state index contributed by atoms with van der Waals surface area (Å²) in [7, 11) is 0. The average Bonchev–Trinajstić information content (AvgIpc) is 1.86. The molecule has 0 radical (unpaired) electrons. The smallest absolute Gasteiger partial charge is 0.299 e. The van der Waals surface area contributed by atoms with Crippen molar-refractivity contribution >= 4 is 23.4 Å². The third-order valence-electron chi connectivity index (χ3n) is 0.271. The van der Waals surface area contributed by atoms with E-state index in [-0.39, 0.29) is 5.78 Å². The molecule has 0 aliphatic carbocycles. The third-order valence-corrected chi connectivity index (χ3v) is 0.271. The van der Waals surface area contributed by atoms with E-state index in [0.717, 1.165) is 6.29 Å². The van der Waals surface area contributed by atoms with Crippen molar-refractivity contribution in [2.75, 3.05) is 0 Å². The Balaban J connectivity index is -0.000000117. The van der Waals surface area contributed by atoms with Gasteiger partial charge in [-0.3, -0.25) is 13.9 Å². The minimum Gasteiger partial charge on any atom is -0.300 e. The molecule has 0 amide bonds. The van der Waals surface area contributed by atoms with Crippen molar-refractivity contribution in [2.24, 2.45) is 0 Å². The highest BCUT2D eigenvalue weighted by Crippen LogP contribution is 1.55. The zero-order chi connectivity index (χ0) is 11.3. The topological polar surface area (TPSA) is 91.7 Å². The predicted molar refractivity (Wildman–Crippen MR) is 50.6 cm³/mol. The average molecular weight is 210 g/mol. The van der Waals surface area contributed by atoms with E-state index in [9.17, 15) is 9.59 Å². The molecular formula is C7H14O5S. The molecule has 0 heterocycles. The molecule has 6 heteroatoms. The van der Waals surface area contributed by atoms with Crippen LogP contribution in [0.1, 0.15) is 20.8 Å². The minimum absolute atomic E-state index is 0.167. The van der Waals surface area contributed by atoms with Crippen molar-refractivity contribution in [3.05, 3.63) is 12.2 Å². The summed E-state index contributed by atoms with van der Waals surface area (Å²) in [5.74, 6) is 0.167. The number of Topliss-reactive ketones (excluding diaryl/α,β-unsaturated/α-hetero) is 1. The lowest BCUT2D eigenvalue weighted by Gasteiger charge is -1.59. The summed E-state index contributed by atoms with van der Waals surface area (Å²) in [5, 5.41) is 0. The largest absolute Gasteiger partial charge is 0.300 e. The molecule has 0 saturated carbocycles. The first-order valence-corrected chi connectivity index (χ1v) is 4.28. The maximum Gasteiger partial charge on any atom is 0.299 e. The number of hydrogen-bond acceptors (Lipinski definition) is 3. The Morgan fingerprint density at radius 2 is 1.54 bits per heavy atom. The van der Waals surface area contributed by atoms with Gasteiger partial charge in [0.15, 0.2) is 0 Å². The second-order valence-corrected chi connectivity index (χ2v) is 2.26. The normalized spacial score (nSPS) is 8.15. The summed E-state index contributed by atoms with van der Waals surface area (Å²) in [6.45, 7) is 4.86. The van der Waals surface area contributed by atoms with Crippen molar-refractivity contribution in [3.63, 3.8) is 0 Å². The van der Waals surface area contributed by atoms with Crippen LogP contribution in [0.15, 0.2) is 12.2 Å². The van der Waals surface area contributed by atoms with Crippen LogP contribution in [0, 0.1) is 0 Å². The SMILES string of the molecule is CC(C)=O.CC=CC=O.O=S(O)O. The Morgan fingerprint density at radius 1 is 1.31 bits per heavy atom. The zero-order valence-corrected chi connectivity index (χ0v) is 8.58. The molecule has 0 aliphatic rings. The Kier molecular flexibility index (Phi) is 24.0. The fourth-order valence-corrected chi connectivity index (χ4v) is 0.0786. The van der Waals surface area contributed by atoms with E-state index in [2.05, 4.69) is 0 Å². The molecule has 0 spiro atoms. The van der Waals surface area contributed by atoms with Crippen LogP contribution in [-0.4, -0.2) is 25.4 Å². The molecule has 0 aromatic rings. The molecule has 0 unspecified atom stereocenters. The first kappa shape index (κ1) is 18.0. The minimum atomic E-state index is -2.61. The van der Waals surface area contributed by atoms with Gasteiger partial charge in [0, 0.05) is 0 Å². The number of hydrogen-bond donors (Lipinski definition) is 2. The van der Waals surface area contributed by atoms with Crippen LogP contribution in [0.5, 0.6) is 0 Å². The van der Waals surface area contributed by atoms with E-state index in [1.165, 1.54) is 19.9 Å². The van der Waals surface area contributed by atoms with Gasteiger partial charge in [0.2, 0.25) is 0 Å². The Bertz CT molecular complexity index is 156. The van der Waals surface area contributed by atoms with Gasteiger partial charge in [0.1, 0.15) is 12.1 Å².